The van der Waals surface area contributed by atoms with Crippen LogP contribution in [0.2, 0.25) is 0 Å². The van der Waals surface area contributed by atoms with Crippen molar-refractivity contribution in [2.75, 3.05) is 26.2 Å². The van der Waals surface area contributed by atoms with Gasteiger partial charge in [0.1, 0.15) is 0 Å². The third-order valence-corrected chi connectivity index (χ3v) is 3.51. The summed E-state index contributed by atoms with van der Waals surface area (Å²) in [5, 5.41) is 2.97. The van der Waals surface area contributed by atoms with Crippen LogP contribution in [0.25, 0.3) is 0 Å². The van der Waals surface area contributed by atoms with Crippen LogP contribution in [0.3, 0.4) is 0 Å². The summed E-state index contributed by atoms with van der Waals surface area (Å²) in [5.74, 6) is 0.0368. The first kappa shape index (κ1) is 14.1. The predicted molar refractivity (Wildman–Crippen MR) is 78.0 cm³/mol. The molecule has 1 aromatic rings. The van der Waals surface area contributed by atoms with Crippen LogP contribution in [0.15, 0.2) is 30.3 Å². The molecule has 0 atom stereocenters. The lowest BCUT2D eigenvalue weighted by Crippen LogP contribution is -2.24. The normalized spacial score (nSPS) is 15.6. The van der Waals surface area contributed by atoms with E-state index in [1.54, 1.807) is 0 Å². The fourth-order valence-electron chi connectivity index (χ4n) is 2.37. The van der Waals surface area contributed by atoms with Gasteiger partial charge in [-0.2, -0.15) is 0 Å². The minimum absolute atomic E-state index is 0.0368. The first-order chi connectivity index (χ1) is 9.36. The van der Waals surface area contributed by atoms with Gasteiger partial charge in [0.25, 0.3) is 5.91 Å². The SMILES string of the molecule is O=C(NCCCCCN1C[CH]CC1)c1ccccc1. The van der Waals surface area contributed by atoms with Gasteiger partial charge in [0.2, 0.25) is 0 Å². The number of amides is 1. The first-order valence-corrected chi connectivity index (χ1v) is 7.23. The molecule has 1 fully saturated rings. The molecule has 19 heavy (non-hydrogen) atoms. The van der Waals surface area contributed by atoms with E-state index >= 15 is 0 Å². The largest absolute Gasteiger partial charge is 0.352 e. The summed E-state index contributed by atoms with van der Waals surface area (Å²) in [7, 11) is 0. The second-order valence-electron chi connectivity index (χ2n) is 5.06. The highest BCUT2D eigenvalue weighted by atomic mass is 16.1. The van der Waals surface area contributed by atoms with Crippen LogP contribution in [-0.4, -0.2) is 37.0 Å². The molecule has 103 valence electrons. The maximum atomic E-state index is 11.8. The van der Waals surface area contributed by atoms with Gasteiger partial charge in [-0.1, -0.05) is 24.6 Å². The van der Waals surface area contributed by atoms with E-state index in [-0.39, 0.29) is 5.91 Å². The van der Waals surface area contributed by atoms with E-state index in [1.165, 1.54) is 32.4 Å². The summed E-state index contributed by atoms with van der Waals surface area (Å²) in [6, 6.07) is 9.40. The van der Waals surface area contributed by atoms with Crippen LogP contribution in [-0.2, 0) is 0 Å². The Labute approximate surface area is 116 Å². The number of carbonyl (C=O) groups is 1. The number of hydrogen-bond donors (Lipinski definition) is 1. The smallest absolute Gasteiger partial charge is 0.251 e. The van der Waals surface area contributed by atoms with Crippen molar-refractivity contribution in [1.29, 1.82) is 0 Å². The number of nitrogens with one attached hydrogen (secondary N) is 1. The summed E-state index contributed by atoms with van der Waals surface area (Å²) in [4.78, 5) is 14.3. The highest BCUT2D eigenvalue weighted by Gasteiger charge is 2.10. The fraction of sp³-hybridized carbons (Fsp3) is 0.500. The Bertz CT molecular complexity index is 372. The molecule has 1 saturated heterocycles. The quantitative estimate of drug-likeness (QED) is 0.763. The molecule has 0 saturated carbocycles. The van der Waals surface area contributed by atoms with E-state index in [9.17, 15) is 4.79 Å². The van der Waals surface area contributed by atoms with E-state index in [0.29, 0.717) is 0 Å². The minimum atomic E-state index is 0.0368. The number of rotatable bonds is 7. The number of likely N-dealkylation sites (tertiary alicyclic amines) is 1. The van der Waals surface area contributed by atoms with Crippen molar-refractivity contribution in [3.05, 3.63) is 42.3 Å². The van der Waals surface area contributed by atoms with Crippen molar-refractivity contribution in [2.45, 2.75) is 25.7 Å². The first-order valence-electron chi connectivity index (χ1n) is 7.23. The molecule has 2 rings (SSSR count). The molecule has 1 heterocycles. The zero-order chi connectivity index (χ0) is 13.3. The molecule has 1 radical (unpaired) electrons. The van der Waals surface area contributed by atoms with Crippen LogP contribution < -0.4 is 5.32 Å². The summed E-state index contributed by atoms with van der Waals surface area (Å²) in [5.41, 5.74) is 0.745. The topological polar surface area (TPSA) is 32.3 Å². The Morgan fingerprint density at radius 2 is 2.00 bits per heavy atom. The molecular weight excluding hydrogens is 236 g/mol. The molecule has 1 aliphatic rings. The van der Waals surface area contributed by atoms with Crippen LogP contribution in [0.5, 0.6) is 0 Å². The maximum absolute atomic E-state index is 11.8. The van der Waals surface area contributed by atoms with E-state index in [4.69, 9.17) is 0 Å². The number of benzene rings is 1. The van der Waals surface area contributed by atoms with Crippen molar-refractivity contribution < 1.29 is 4.79 Å². The van der Waals surface area contributed by atoms with Crippen molar-refractivity contribution in [3.8, 4) is 0 Å². The monoisotopic (exact) mass is 259 g/mol. The summed E-state index contributed by atoms with van der Waals surface area (Å²) in [6.45, 7) is 4.36. The Morgan fingerprint density at radius 3 is 2.74 bits per heavy atom. The molecule has 0 unspecified atom stereocenters. The highest BCUT2D eigenvalue weighted by molar-refractivity contribution is 5.94. The maximum Gasteiger partial charge on any atom is 0.251 e. The molecule has 3 nitrogen and oxygen atoms in total. The summed E-state index contributed by atoms with van der Waals surface area (Å²) >= 11 is 0. The van der Waals surface area contributed by atoms with E-state index in [2.05, 4.69) is 16.6 Å². The van der Waals surface area contributed by atoms with E-state index in [1.807, 2.05) is 30.3 Å². The zero-order valence-electron chi connectivity index (χ0n) is 11.5. The lowest BCUT2D eigenvalue weighted by atomic mass is 10.2. The number of unbranched alkanes of at least 4 members (excludes halogenated alkanes) is 2. The van der Waals surface area contributed by atoms with Gasteiger partial charge in [-0.05, 0) is 50.9 Å². The number of carbonyl (C=O) groups excluding carboxylic acids is 1. The molecule has 0 aromatic heterocycles. The van der Waals surface area contributed by atoms with Crippen molar-refractivity contribution in [3.63, 3.8) is 0 Å². The van der Waals surface area contributed by atoms with Crippen molar-refractivity contribution >= 4 is 5.91 Å². The van der Waals surface area contributed by atoms with Crippen LogP contribution in [0.1, 0.15) is 36.0 Å². The highest BCUT2D eigenvalue weighted by Crippen LogP contribution is 2.08. The van der Waals surface area contributed by atoms with Gasteiger partial charge in [0.15, 0.2) is 0 Å². The molecule has 0 spiro atoms. The van der Waals surface area contributed by atoms with Gasteiger partial charge in [-0.15, -0.1) is 0 Å². The van der Waals surface area contributed by atoms with E-state index in [0.717, 1.165) is 25.1 Å². The van der Waals surface area contributed by atoms with Crippen molar-refractivity contribution in [2.24, 2.45) is 0 Å². The van der Waals surface area contributed by atoms with Gasteiger partial charge in [-0.25, -0.2) is 0 Å². The van der Waals surface area contributed by atoms with Crippen LogP contribution >= 0.6 is 0 Å². The molecule has 1 N–H and O–H groups in total. The second kappa shape index (κ2) is 7.95. The molecule has 3 heteroatoms. The Hall–Kier alpha value is -1.35. The minimum Gasteiger partial charge on any atom is -0.352 e. The summed E-state index contributed by atoms with van der Waals surface area (Å²) < 4.78 is 0. The number of hydrogen-bond acceptors (Lipinski definition) is 2. The Kier molecular flexibility index (Phi) is 5.89. The van der Waals surface area contributed by atoms with Gasteiger partial charge in [0, 0.05) is 18.7 Å². The Morgan fingerprint density at radius 1 is 1.16 bits per heavy atom. The third-order valence-electron chi connectivity index (χ3n) is 3.51. The average molecular weight is 259 g/mol. The summed E-state index contributed by atoms with van der Waals surface area (Å²) in [6.07, 6.45) is 7.07. The van der Waals surface area contributed by atoms with Gasteiger partial charge < -0.3 is 10.2 Å². The third kappa shape index (κ3) is 5.03. The zero-order valence-corrected chi connectivity index (χ0v) is 11.5. The fourth-order valence-corrected chi connectivity index (χ4v) is 2.37. The lowest BCUT2D eigenvalue weighted by molar-refractivity contribution is 0.0953. The molecule has 0 bridgehead atoms. The second-order valence-corrected chi connectivity index (χ2v) is 5.06. The van der Waals surface area contributed by atoms with E-state index < -0.39 is 0 Å². The van der Waals surface area contributed by atoms with Gasteiger partial charge >= 0.3 is 0 Å². The molecule has 1 aliphatic heterocycles. The van der Waals surface area contributed by atoms with Gasteiger partial charge in [-0.3, -0.25) is 4.79 Å². The molecule has 1 aromatic carbocycles. The number of nitrogens with zero attached hydrogens (tertiary/aromatic N) is 1. The van der Waals surface area contributed by atoms with Crippen molar-refractivity contribution in [1.82, 2.24) is 10.2 Å². The van der Waals surface area contributed by atoms with Crippen LogP contribution in [0.4, 0.5) is 0 Å². The van der Waals surface area contributed by atoms with Crippen LogP contribution in [0, 0.1) is 6.42 Å². The molecular formula is C16H23N2O. The molecule has 0 aliphatic carbocycles. The predicted octanol–water partition coefficient (Wildman–Crippen LogP) is 2.50. The standard InChI is InChI=1S/C16H23N2O/c19-16(15-9-3-1-4-10-15)17-11-5-2-6-12-18-13-7-8-14-18/h1,3-4,7,9-10H,2,5-6,8,11-14H2,(H,17,19). The lowest BCUT2D eigenvalue weighted by Gasteiger charge is -2.13. The van der Waals surface area contributed by atoms with Gasteiger partial charge in [0.05, 0.1) is 0 Å². The average Bonchev–Trinajstić information content (AvgIpc) is 2.96. The Balaban J connectivity index is 1.51. The molecule has 1 amide bonds.